The number of amides is 4. The molecular weight excluding hydrogens is 536 g/mol. The van der Waals surface area contributed by atoms with Gasteiger partial charge in [-0.05, 0) is 61.2 Å². The zero-order valence-electron chi connectivity index (χ0n) is 22.8. The Morgan fingerprint density at radius 2 is 1.60 bits per heavy atom. The Hall–Kier alpha value is -4.50. The molecule has 0 aromatic heterocycles. The Kier molecular flexibility index (Phi) is 8.64. The van der Waals surface area contributed by atoms with Crippen molar-refractivity contribution in [3.05, 3.63) is 81.4 Å². The summed E-state index contributed by atoms with van der Waals surface area (Å²) < 4.78 is 22.4. The van der Waals surface area contributed by atoms with Gasteiger partial charge in [0.15, 0.2) is 11.5 Å². The summed E-state index contributed by atoms with van der Waals surface area (Å²) in [4.78, 5) is 39.8. The molecule has 0 spiro atoms. The van der Waals surface area contributed by atoms with Crippen LogP contribution in [0.25, 0.3) is 6.08 Å². The van der Waals surface area contributed by atoms with Crippen molar-refractivity contribution in [2.24, 2.45) is 0 Å². The van der Waals surface area contributed by atoms with Gasteiger partial charge in [0.05, 0.1) is 31.5 Å². The Balaban J connectivity index is 1.66. The number of imide groups is 2. The molecule has 40 heavy (non-hydrogen) atoms. The van der Waals surface area contributed by atoms with Crippen LogP contribution < -0.4 is 29.2 Å². The van der Waals surface area contributed by atoms with E-state index in [0.717, 1.165) is 10.5 Å². The lowest BCUT2D eigenvalue weighted by atomic mass is 10.1. The van der Waals surface area contributed by atoms with Crippen molar-refractivity contribution in [3.63, 3.8) is 0 Å². The fourth-order valence-corrected chi connectivity index (χ4v) is 4.35. The lowest BCUT2D eigenvalue weighted by Crippen LogP contribution is -2.54. The van der Waals surface area contributed by atoms with Gasteiger partial charge in [-0.1, -0.05) is 35.9 Å². The maximum Gasteiger partial charge on any atom is 0.336 e. The predicted molar refractivity (Wildman–Crippen MR) is 151 cm³/mol. The summed E-state index contributed by atoms with van der Waals surface area (Å²) in [7, 11) is 2.77. The molecule has 0 unspecified atom stereocenters. The first kappa shape index (κ1) is 28.5. The third-order valence-electron chi connectivity index (χ3n) is 6.34. The number of nitrogens with zero attached hydrogens (tertiary/aromatic N) is 1. The van der Waals surface area contributed by atoms with E-state index in [1.54, 1.807) is 18.2 Å². The monoisotopic (exact) mass is 564 g/mol. The van der Waals surface area contributed by atoms with Crippen LogP contribution in [-0.2, 0) is 16.2 Å². The predicted octanol–water partition coefficient (Wildman–Crippen LogP) is 5.62. The fraction of sp³-hybridized carbons (Fsp3) is 0.233. The third kappa shape index (κ3) is 5.89. The number of nitrogens with one attached hydrogen (secondary N) is 1. The maximum atomic E-state index is 13.5. The third-order valence-corrected chi connectivity index (χ3v) is 6.64. The van der Waals surface area contributed by atoms with E-state index in [1.807, 2.05) is 26.0 Å². The van der Waals surface area contributed by atoms with E-state index in [-0.39, 0.29) is 27.8 Å². The largest absolute Gasteiger partial charge is 0.495 e. The van der Waals surface area contributed by atoms with Crippen molar-refractivity contribution in [2.45, 2.75) is 27.4 Å². The van der Waals surface area contributed by atoms with E-state index < -0.39 is 17.8 Å². The van der Waals surface area contributed by atoms with Crippen molar-refractivity contribution < 1.29 is 33.3 Å². The first-order valence-corrected chi connectivity index (χ1v) is 12.8. The van der Waals surface area contributed by atoms with Gasteiger partial charge in [0.1, 0.15) is 23.7 Å². The molecule has 3 aromatic rings. The molecule has 10 heteroatoms. The second-order valence-corrected chi connectivity index (χ2v) is 9.37. The van der Waals surface area contributed by atoms with Crippen molar-refractivity contribution in [1.82, 2.24) is 5.32 Å². The molecule has 9 nitrogen and oxygen atoms in total. The van der Waals surface area contributed by atoms with Gasteiger partial charge in [-0.3, -0.25) is 14.9 Å². The molecule has 4 rings (SSSR count). The molecule has 0 atom stereocenters. The molecule has 1 aliphatic rings. The molecule has 0 saturated carbocycles. The zero-order valence-corrected chi connectivity index (χ0v) is 23.5. The molecule has 0 radical (unpaired) electrons. The van der Waals surface area contributed by atoms with Crippen LogP contribution in [-0.4, -0.2) is 38.7 Å². The highest BCUT2D eigenvalue weighted by molar-refractivity contribution is 6.39. The number of benzene rings is 3. The molecule has 0 aliphatic carbocycles. The lowest BCUT2D eigenvalue weighted by Gasteiger charge is -2.28. The number of halogens is 1. The van der Waals surface area contributed by atoms with Gasteiger partial charge in [-0.15, -0.1) is 0 Å². The van der Waals surface area contributed by atoms with Gasteiger partial charge < -0.3 is 18.9 Å². The maximum absolute atomic E-state index is 13.5. The molecule has 1 aliphatic heterocycles. The zero-order chi connectivity index (χ0) is 29.0. The normalized spacial score (nSPS) is 14.3. The van der Waals surface area contributed by atoms with E-state index >= 15 is 0 Å². The summed E-state index contributed by atoms with van der Waals surface area (Å²) >= 11 is 6.18. The summed E-state index contributed by atoms with van der Waals surface area (Å²) in [5.41, 5.74) is 3.68. The number of urea groups is 1. The SMILES string of the molecule is CCOc1cc(/C=C2\C(=O)NC(=O)N(c3cc(OC)c(Cl)cc3OC)C2=O)ccc1OCc1ccc(C)c(C)c1. The van der Waals surface area contributed by atoms with Gasteiger partial charge in [-0.25, -0.2) is 9.69 Å². The van der Waals surface area contributed by atoms with Gasteiger partial charge >= 0.3 is 6.03 Å². The van der Waals surface area contributed by atoms with E-state index in [9.17, 15) is 14.4 Å². The van der Waals surface area contributed by atoms with Crippen LogP contribution in [0.15, 0.2) is 54.1 Å². The van der Waals surface area contributed by atoms with E-state index in [4.69, 9.17) is 30.5 Å². The number of rotatable bonds is 9. The minimum Gasteiger partial charge on any atom is -0.495 e. The Bertz CT molecular complexity index is 1520. The number of hydrogen-bond acceptors (Lipinski definition) is 7. The first-order valence-electron chi connectivity index (χ1n) is 12.5. The number of barbiturate groups is 1. The first-order chi connectivity index (χ1) is 19.2. The van der Waals surface area contributed by atoms with Gasteiger partial charge in [0.2, 0.25) is 0 Å². The van der Waals surface area contributed by atoms with E-state index in [1.165, 1.54) is 43.6 Å². The summed E-state index contributed by atoms with van der Waals surface area (Å²) in [5, 5.41) is 2.43. The van der Waals surface area contributed by atoms with E-state index in [2.05, 4.69) is 18.3 Å². The van der Waals surface area contributed by atoms with Crippen LogP contribution in [0.3, 0.4) is 0 Å². The molecule has 1 N–H and O–H groups in total. The van der Waals surface area contributed by atoms with Crippen molar-refractivity contribution in [1.29, 1.82) is 0 Å². The highest BCUT2D eigenvalue weighted by Gasteiger charge is 2.38. The molecule has 208 valence electrons. The molecule has 1 fully saturated rings. The number of anilines is 1. The van der Waals surface area contributed by atoms with Crippen LogP contribution >= 0.6 is 11.6 Å². The van der Waals surface area contributed by atoms with Gasteiger partial charge in [0.25, 0.3) is 11.8 Å². The number of carbonyl (C=O) groups excluding carboxylic acids is 3. The Morgan fingerprint density at radius 1 is 0.850 bits per heavy atom. The van der Waals surface area contributed by atoms with E-state index in [0.29, 0.717) is 30.3 Å². The number of hydrogen-bond donors (Lipinski definition) is 1. The lowest BCUT2D eigenvalue weighted by molar-refractivity contribution is -0.122. The van der Waals surface area contributed by atoms with Crippen molar-refractivity contribution in [2.75, 3.05) is 25.7 Å². The van der Waals surface area contributed by atoms with Crippen molar-refractivity contribution in [3.8, 4) is 23.0 Å². The second-order valence-electron chi connectivity index (χ2n) is 8.96. The minimum atomic E-state index is -0.931. The van der Waals surface area contributed by atoms with Crippen LogP contribution in [0, 0.1) is 13.8 Å². The molecular formula is C30H29ClN2O7. The molecule has 0 bridgehead atoms. The summed E-state index contributed by atoms with van der Waals surface area (Å²) in [6.45, 7) is 6.65. The van der Waals surface area contributed by atoms with Gasteiger partial charge in [-0.2, -0.15) is 0 Å². The van der Waals surface area contributed by atoms with Crippen LogP contribution in [0.5, 0.6) is 23.0 Å². The van der Waals surface area contributed by atoms with Crippen molar-refractivity contribution >= 4 is 41.2 Å². The minimum absolute atomic E-state index is 0.0646. The summed E-state index contributed by atoms with van der Waals surface area (Å²) in [6.07, 6.45) is 1.38. The summed E-state index contributed by atoms with van der Waals surface area (Å²) in [6, 6.07) is 13.1. The quantitative estimate of drug-likeness (QED) is 0.266. The van der Waals surface area contributed by atoms with Gasteiger partial charge in [0, 0.05) is 12.1 Å². The number of methoxy groups -OCH3 is 2. The second kappa shape index (κ2) is 12.1. The molecule has 1 saturated heterocycles. The molecule has 4 amide bonds. The smallest absolute Gasteiger partial charge is 0.336 e. The number of ether oxygens (including phenoxy) is 4. The summed E-state index contributed by atoms with van der Waals surface area (Å²) in [5.74, 6) is -0.355. The van der Waals surface area contributed by atoms with Crippen LogP contribution in [0.4, 0.5) is 10.5 Å². The Labute approximate surface area is 237 Å². The topological polar surface area (TPSA) is 103 Å². The Morgan fingerprint density at radius 3 is 2.27 bits per heavy atom. The average molecular weight is 565 g/mol. The standard InChI is InChI=1S/C30H29ClN2O7/c1-6-39-27-13-19(9-10-24(27)40-16-20-8-7-17(2)18(3)11-20)12-21-28(34)32-30(36)33(29(21)35)23-15-25(37-4)22(31)14-26(23)38-5/h7-15H,6,16H2,1-5H3,(H,32,34,36)/b21-12+. The van der Waals surface area contributed by atoms with Crippen LogP contribution in [0.2, 0.25) is 5.02 Å². The molecule has 3 aromatic carbocycles. The molecule has 1 heterocycles. The highest BCUT2D eigenvalue weighted by atomic mass is 35.5. The van der Waals surface area contributed by atoms with Crippen LogP contribution in [0.1, 0.15) is 29.2 Å². The fourth-order valence-electron chi connectivity index (χ4n) is 4.12. The highest BCUT2D eigenvalue weighted by Crippen LogP contribution is 2.39. The number of carbonyl (C=O) groups is 3. The average Bonchev–Trinajstić information content (AvgIpc) is 2.93. The number of aryl methyl sites for hydroxylation is 2.